The van der Waals surface area contributed by atoms with Gasteiger partial charge in [-0.3, -0.25) is 0 Å². The first-order chi connectivity index (χ1) is 14.3. The van der Waals surface area contributed by atoms with Crippen LogP contribution >= 0.6 is 0 Å². The lowest BCUT2D eigenvalue weighted by Gasteiger charge is -2.58. The quantitative estimate of drug-likeness (QED) is 0.516. The van der Waals surface area contributed by atoms with Gasteiger partial charge in [-0.15, -0.1) is 0 Å². The Balaban J connectivity index is 1.28. The Morgan fingerprint density at radius 2 is 1.87 bits per heavy atom. The van der Waals surface area contributed by atoms with Crippen molar-refractivity contribution in [3.05, 3.63) is 11.6 Å². The van der Waals surface area contributed by atoms with Gasteiger partial charge in [-0.2, -0.15) is 0 Å². The van der Waals surface area contributed by atoms with E-state index in [1.54, 1.807) is 5.57 Å². The molecule has 0 amide bonds. The third-order valence-electron chi connectivity index (χ3n) is 11.3. The van der Waals surface area contributed by atoms with Crippen LogP contribution in [-0.4, -0.2) is 29.7 Å². The van der Waals surface area contributed by atoms with E-state index in [9.17, 15) is 5.11 Å². The molecule has 4 aliphatic carbocycles. The molecule has 11 atom stereocenters. The Hall–Kier alpha value is -0.380. The highest BCUT2D eigenvalue weighted by molar-refractivity contribution is 5.26. The molecule has 3 saturated carbocycles. The summed E-state index contributed by atoms with van der Waals surface area (Å²) in [7, 11) is 0. The van der Waals surface area contributed by atoms with Gasteiger partial charge in [0.25, 0.3) is 0 Å². The fraction of sp³-hybridized carbons (Fsp3) is 0.926. The maximum atomic E-state index is 10.3. The number of hydrogen-bond donors (Lipinski definition) is 1. The Bertz CT molecular complexity index is 736. The van der Waals surface area contributed by atoms with Crippen molar-refractivity contribution in [1.82, 2.24) is 0 Å². The molecular formula is C27H42O3. The van der Waals surface area contributed by atoms with Crippen molar-refractivity contribution >= 4 is 0 Å². The summed E-state index contributed by atoms with van der Waals surface area (Å²) < 4.78 is 13.3. The predicted molar refractivity (Wildman–Crippen MR) is 118 cm³/mol. The fourth-order valence-electron chi connectivity index (χ4n) is 9.66. The summed E-state index contributed by atoms with van der Waals surface area (Å²) in [6.07, 6.45) is 13.5. The second-order valence-corrected chi connectivity index (χ2v) is 12.7. The number of hydrogen-bond acceptors (Lipinski definition) is 3. The molecule has 0 aromatic rings. The first kappa shape index (κ1) is 20.2. The standard InChI is InChI=1S/C27H42O3/c1-16-7-12-27(29-15-16)17(2)24-23(30-27)14-22-20-6-5-18-13-19(28)8-10-25(18,3)21(20)9-11-26(22,24)4/h5,16-17,19-24,28H,6-15H2,1-4H3/t16?,17-,19-,20+,21-,22-,23-,24-,25-,26-,27+/m0/s1. The monoisotopic (exact) mass is 414 g/mol. The van der Waals surface area contributed by atoms with Crippen molar-refractivity contribution < 1.29 is 14.6 Å². The molecule has 0 aromatic carbocycles. The van der Waals surface area contributed by atoms with Crippen LogP contribution in [0.3, 0.4) is 0 Å². The largest absolute Gasteiger partial charge is 0.393 e. The number of aliphatic hydroxyl groups is 1. The molecule has 3 nitrogen and oxygen atoms in total. The molecule has 2 heterocycles. The molecule has 6 rings (SSSR count). The zero-order chi connectivity index (χ0) is 20.9. The molecule has 1 unspecified atom stereocenters. The van der Waals surface area contributed by atoms with E-state index in [0.717, 1.165) is 43.6 Å². The predicted octanol–water partition coefficient (Wildman–Crippen LogP) is 5.71. The Kier molecular flexibility index (Phi) is 4.44. The highest BCUT2D eigenvalue weighted by atomic mass is 16.7. The van der Waals surface area contributed by atoms with E-state index in [1.165, 1.54) is 38.5 Å². The van der Waals surface area contributed by atoms with Gasteiger partial charge in [0, 0.05) is 12.3 Å². The van der Waals surface area contributed by atoms with Gasteiger partial charge in [0.1, 0.15) is 0 Å². The Morgan fingerprint density at radius 1 is 1.03 bits per heavy atom. The topological polar surface area (TPSA) is 38.7 Å². The molecule has 30 heavy (non-hydrogen) atoms. The second kappa shape index (κ2) is 6.58. The van der Waals surface area contributed by atoms with Crippen LogP contribution in [0.5, 0.6) is 0 Å². The van der Waals surface area contributed by atoms with Crippen molar-refractivity contribution in [3.63, 3.8) is 0 Å². The van der Waals surface area contributed by atoms with E-state index in [1.807, 2.05) is 0 Å². The molecule has 6 aliphatic rings. The van der Waals surface area contributed by atoms with Crippen LogP contribution in [-0.2, 0) is 9.47 Å². The number of aliphatic hydroxyl groups excluding tert-OH is 1. The van der Waals surface area contributed by atoms with E-state index >= 15 is 0 Å². The normalized spacial score (nSPS) is 59.8. The van der Waals surface area contributed by atoms with Gasteiger partial charge in [-0.05, 0) is 91.8 Å². The average Bonchev–Trinajstić information content (AvgIpc) is 3.16. The van der Waals surface area contributed by atoms with Gasteiger partial charge in [-0.1, -0.05) is 39.3 Å². The van der Waals surface area contributed by atoms with Gasteiger partial charge in [-0.25, -0.2) is 0 Å². The molecule has 0 radical (unpaired) electrons. The maximum Gasteiger partial charge on any atom is 0.171 e. The lowest BCUT2D eigenvalue weighted by molar-refractivity contribution is -0.272. The van der Waals surface area contributed by atoms with E-state index in [4.69, 9.17) is 9.47 Å². The third kappa shape index (κ3) is 2.55. The fourth-order valence-corrected chi connectivity index (χ4v) is 9.66. The van der Waals surface area contributed by atoms with Crippen LogP contribution in [0.1, 0.15) is 85.5 Å². The number of fused-ring (bicyclic) bond motifs is 7. The van der Waals surface area contributed by atoms with E-state index < -0.39 is 0 Å². The van der Waals surface area contributed by atoms with Gasteiger partial charge in [0.05, 0.1) is 18.8 Å². The molecule has 3 heteroatoms. The summed E-state index contributed by atoms with van der Waals surface area (Å²) in [5, 5.41) is 10.3. The number of allylic oxidation sites excluding steroid dienone is 1. The SMILES string of the molecule is CC1CC[C@@]2(OC1)O[C@H]1C[C@H]3[C@@H]4CC=C5C[C@@H](O)CC[C@]5(C)[C@H]4CC[C@]3(C)[C@H]1[C@@H]2C. The lowest BCUT2D eigenvalue weighted by atomic mass is 9.47. The summed E-state index contributed by atoms with van der Waals surface area (Å²) in [6, 6.07) is 0. The van der Waals surface area contributed by atoms with E-state index in [0.29, 0.717) is 34.7 Å². The number of ether oxygens (including phenoxy) is 2. The first-order valence-electron chi connectivity index (χ1n) is 13.0. The van der Waals surface area contributed by atoms with Crippen LogP contribution in [0.2, 0.25) is 0 Å². The summed E-state index contributed by atoms with van der Waals surface area (Å²) in [5.74, 6) is 3.94. The Morgan fingerprint density at radius 3 is 2.63 bits per heavy atom. The molecule has 1 spiro atoms. The van der Waals surface area contributed by atoms with Crippen molar-refractivity contribution in [2.45, 2.75) is 103 Å². The van der Waals surface area contributed by atoms with Crippen LogP contribution in [0.25, 0.3) is 0 Å². The third-order valence-corrected chi connectivity index (χ3v) is 11.3. The lowest BCUT2D eigenvalue weighted by Crippen LogP contribution is -2.52. The minimum atomic E-state index is -0.294. The van der Waals surface area contributed by atoms with Gasteiger partial charge in [0.2, 0.25) is 0 Å². The second-order valence-electron chi connectivity index (χ2n) is 12.7. The summed E-state index contributed by atoms with van der Waals surface area (Å²) in [5.41, 5.74) is 2.31. The summed E-state index contributed by atoms with van der Waals surface area (Å²) in [4.78, 5) is 0. The number of rotatable bonds is 0. The highest BCUT2D eigenvalue weighted by Crippen LogP contribution is 2.70. The summed E-state index contributed by atoms with van der Waals surface area (Å²) >= 11 is 0. The molecule has 5 fully saturated rings. The minimum Gasteiger partial charge on any atom is -0.393 e. The van der Waals surface area contributed by atoms with Crippen LogP contribution in [0, 0.1) is 46.3 Å². The highest BCUT2D eigenvalue weighted by Gasteiger charge is 2.68. The van der Waals surface area contributed by atoms with Crippen LogP contribution in [0.4, 0.5) is 0 Å². The molecular weight excluding hydrogens is 372 g/mol. The Labute approximate surface area is 183 Å². The van der Waals surface area contributed by atoms with Crippen LogP contribution < -0.4 is 0 Å². The maximum absolute atomic E-state index is 10.3. The van der Waals surface area contributed by atoms with Crippen molar-refractivity contribution in [1.29, 1.82) is 0 Å². The van der Waals surface area contributed by atoms with Crippen molar-refractivity contribution in [2.75, 3.05) is 6.61 Å². The molecule has 2 aliphatic heterocycles. The molecule has 0 bridgehead atoms. The summed E-state index contributed by atoms with van der Waals surface area (Å²) in [6.45, 7) is 10.8. The zero-order valence-corrected chi connectivity index (χ0v) is 19.5. The molecule has 0 aromatic heterocycles. The molecule has 1 N–H and O–H groups in total. The average molecular weight is 415 g/mol. The van der Waals surface area contributed by atoms with E-state index in [-0.39, 0.29) is 11.9 Å². The smallest absolute Gasteiger partial charge is 0.171 e. The van der Waals surface area contributed by atoms with E-state index in [2.05, 4.69) is 33.8 Å². The van der Waals surface area contributed by atoms with Gasteiger partial charge >= 0.3 is 0 Å². The molecule has 2 saturated heterocycles. The molecule has 168 valence electrons. The minimum absolute atomic E-state index is 0.107. The van der Waals surface area contributed by atoms with Gasteiger partial charge < -0.3 is 14.6 Å². The van der Waals surface area contributed by atoms with Gasteiger partial charge in [0.15, 0.2) is 5.79 Å². The zero-order valence-electron chi connectivity index (χ0n) is 19.5. The van der Waals surface area contributed by atoms with Crippen molar-refractivity contribution in [3.8, 4) is 0 Å². The van der Waals surface area contributed by atoms with Crippen molar-refractivity contribution in [2.24, 2.45) is 46.3 Å². The van der Waals surface area contributed by atoms with Crippen LogP contribution in [0.15, 0.2) is 11.6 Å². The first-order valence-corrected chi connectivity index (χ1v) is 13.0.